The Morgan fingerprint density at radius 3 is 2.71 bits per heavy atom. The molecule has 21 heavy (non-hydrogen) atoms. The van der Waals surface area contributed by atoms with Crippen molar-refractivity contribution >= 4 is 29.1 Å². The lowest BCUT2D eigenvalue weighted by Gasteiger charge is -2.37. The fourth-order valence-corrected chi connectivity index (χ4v) is 2.84. The number of piperidine rings is 1. The van der Waals surface area contributed by atoms with Crippen LogP contribution in [0.2, 0.25) is 10.2 Å². The van der Waals surface area contributed by atoms with E-state index in [0.29, 0.717) is 12.1 Å². The molecule has 1 aliphatic heterocycles. The molecule has 2 rings (SSSR count). The molecular weight excluding hydrogens is 313 g/mol. The van der Waals surface area contributed by atoms with Gasteiger partial charge in [0.2, 0.25) is 0 Å². The highest BCUT2D eigenvalue weighted by molar-refractivity contribution is 6.41. The van der Waals surface area contributed by atoms with Crippen molar-refractivity contribution in [3.63, 3.8) is 0 Å². The molecule has 1 amide bonds. The van der Waals surface area contributed by atoms with Crippen molar-refractivity contribution in [1.82, 2.24) is 14.8 Å². The Balaban J connectivity index is 2.16. The SMILES string of the molecule is CN1CCC(N(CCO)C(=O)c2cnc(Cl)c(Cl)c2)CC1. The smallest absolute Gasteiger partial charge is 0.255 e. The number of amides is 1. The van der Waals surface area contributed by atoms with Crippen LogP contribution in [0.3, 0.4) is 0 Å². The second-order valence-electron chi connectivity index (χ2n) is 5.25. The standard InChI is InChI=1S/C14H19Cl2N3O2/c1-18-4-2-11(3-5-18)19(6-7-20)14(21)10-8-12(15)13(16)17-9-10/h8-9,11,20H,2-7H2,1H3. The number of hydrogen-bond acceptors (Lipinski definition) is 4. The first-order valence-electron chi connectivity index (χ1n) is 6.94. The van der Waals surface area contributed by atoms with E-state index in [9.17, 15) is 9.90 Å². The van der Waals surface area contributed by atoms with Crippen molar-refractivity contribution in [3.8, 4) is 0 Å². The van der Waals surface area contributed by atoms with Crippen LogP contribution in [0.15, 0.2) is 12.3 Å². The average Bonchev–Trinajstić information content (AvgIpc) is 2.48. The number of nitrogens with zero attached hydrogens (tertiary/aromatic N) is 3. The summed E-state index contributed by atoms with van der Waals surface area (Å²) in [6, 6.07) is 1.66. The van der Waals surface area contributed by atoms with Gasteiger partial charge in [-0.15, -0.1) is 0 Å². The van der Waals surface area contributed by atoms with Crippen LogP contribution in [-0.4, -0.2) is 65.1 Å². The van der Waals surface area contributed by atoms with Crippen molar-refractivity contribution in [2.45, 2.75) is 18.9 Å². The number of likely N-dealkylation sites (tertiary alicyclic amines) is 1. The van der Waals surface area contributed by atoms with E-state index < -0.39 is 0 Å². The van der Waals surface area contributed by atoms with Crippen LogP contribution in [0.1, 0.15) is 23.2 Å². The lowest BCUT2D eigenvalue weighted by atomic mass is 10.0. The quantitative estimate of drug-likeness (QED) is 0.856. The summed E-state index contributed by atoms with van der Waals surface area (Å²) in [4.78, 5) is 20.5. The number of aromatic nitrogens is 1. The van der Waals surface area contributed by atoms with E-state index >= 15 is 0 Å². The molecular formula is C14H19Cl2N3O2. The highest BCUT2D eigenvalue weighted by Crippen LogP contribution is 2.22. The van der Waals surface area contributed by atoms with Gasteiger partial charge in [0.05, 0.1) is 17.2 Å². The zero-order valence-electron chi connectivity index (χ0n) is 11.9. The number of aliphatic hydroxyl groups excluding tert-OH is 1. The molecule has 0 unspecified atom stereocenters. The van der Waals surface area contributed by atoms with Crippen molar-refractivity contribution in [2.75, 3.05) is 33.3 Å². The van der Waals surface area contributed by atoms with Gasteiger partial charge in [-0.3, -0.25) is 4.79 Å². The first-order chi connectivity index (χ1) is 10.0. The van der Waals surface area contributed by atoms with E-state index in [1.807, 2.05) is 0 Å². The van der Waals surface area contributed by atoms with Crippen LogP contribution in [-0.2, 0) is 0 Å². The van der Waals surface area contributed by atoms with E-state index in [0.717, 1.165) is 25.9 Å². The Kier molecular flexibility index (Phi) is 5.81. The third kappa shape index (κ3) is 4.07. The van der Waals surface area contributed by atoms with E-state index in [1.165, 1.54) is 12.3 Å². The zero-order valence-corrected chi connectivity index (χ0v) is 13.4. The molecule has 0 saturated carbocycles. The molecule has 0 spiro atoms. The lowest BCUT2D eigenvalue weighted by Crippen LogP contribution is -2.47. The van der Waals surface area contributed by atoms with Gasteiger partial charge in [0.1, 0.15) is 5.15 Å². The monoisotopic (exact) mass is 331 g/mol. The number of rotatable bonds is 4. The molecule has 0 aliphatic carbocycles. The van der Waals surface area contributed by atoms with Crippen molar-refractivity contribution < 1.29 is 9.90 Å². The van der Waals surface area contributed by atoms with Crippen molar-refractivity contribution in [3.05, 3.63) is 28.0 Å². The third-order valence-corrected chi connectivity index (χ3v) is 4.46. The minimum Gasteiger partial charge on any atom is -0.395 e. The molecule has 1 saturated heterocycles. The first-order valence-corrected chi connectivity index (χ1v) is 7.70. The minimum absolute atomic E-state index is 0.0627. The number of carbonyl (C=O) groups excluding carboxylic acids is 1. The number of hydrogen-bond donors (Lipinski definition) is 1. The summed E-state index contributed by atoms with van der Waals surface area (Å²) >= 11 is 11.7. The molecule has 2 heterocycles. The largest absolute Gasteiger partial charge is 0.395 e. The van der Waals surface area contributed by atoms with Crippen LogP contribution in [0.5, 0.6) is 0 Å². The van der Waals surface area contributed by atoms with Crippen LogP contribution in [0.4, 0.5) is 0 Å². The third-order valence-electron chi connectivity index (χ3n) is 3.77. The van der Waals surface area contributed by atoms with Gasteiger partial charge in [0, 0.05) is 18.8 Å². The van der Waals surface area contributed by atoms with E-state index in [1.54, 1.807) is 4.90 Å². The lowest BCUT2D eigenvalue weighted by molar-refractivity contribution is 0.0539. The summed E-state index contributed by atoms with van der Waals surface area (Å²) in [6.07, 6.45) is 3.23. The summed E-state index contributed by atoms with van der Waals surface area (Å²) in [5, 5.41) is 9.69. The Labute approximate surface area is 134 Å². The average molecular weight is 332 g/mol. The van der Waals surface area contributed by atoms with Gasteiger partial charge in [-0.25, -0.2) is 4.98 Å². The van der Waals surface area contributed by atoms with Gasteiger partial charge in [-0.05, 0) is 39.0 Å². The van der Waals surface area contributed by atoms with Gasteiger partial charge in [0.15, 0.2) is 0 Å². The molecule has 0 atom stereocenters. The molecule has 1 N–H and O–H groups in total. The second-order valence-corrected chi connectivity index (χ2v) is 6.02. The van der Waals surface area contributed by atoms with E-state index in [-0.39, 0.29) is 28.7 Å². The Morgan fingerprint density at radius 2 is 2.14 bits per heavy atom. The number of pyridine rings is 1. The Hall–Kier alpha value is -0.880. The fraction of sp³-hybridized carbons (Fsp3) is 0.571. The molecule has 0 radical (unpaired) electrons. The van der Waals surface area contributed by atoms with Crippen LogP contribution < -0.4 is 0 Å². The molecule has 0 aromatic carbocycles. The molecule has 0 bridgehead atoms. The van der Waals surface area contributed by atoms with Gasteiger partial charge >= 0.3 is 0 Å². The molecule has 116 valence electrons. The fourth-order valence-electron chi connectivity index (χ4n) is 2.57. The predicted molar refractivity (Wildman–Crippen MR) is 82.9 cm³/mol. The van der Waals surface area contributed by atoms with Gasteiger partial charge in [0.25, 0.3) is 5.91 Å². The maximum absolute atomic E-state index is 12.6. The Bertz CT molecular complexity index is 505. The highest BCUT2D eigenvalue weighted by Gasteiger charge is 2.27. The van der Waals surface area contributed by atoms with E-state index in [4.69, 9.17) is 23.2 Å². The molecule has 5 nitrogen and oxygen atoms in total. The summed E-state index contributed by atoms with van der Waals surface area (Å²) in [5.41, 5.74) is 0.400. The number of carbonyl (C=O) groups is 1. The second kappa shape index (κ2) is 7.40. The summed E-state index contributed by atoms with van der Waals surface area (Å²) < 4.78 is 0. The molecule has 1 aromatic heterocycles. The Morgan fingerprint density at radius 1 is 1.48 bits per heavy atom. The molecule has 1 aromatic rings. The van der Waals surface area contributed by atoms with Gasteiger partial charge in [-0.1, -0.05) is 23.2 Å². The maximum atomic E-state index is 12.6. The minimum atomic E-state index is -0.162. The molecule has 7 heteroatoms. The first kappa shape index (κ1) is 16.5. The maximum Gasteiger partial charge on any atom is 0.255 e. The van der Waals surface area contributed by atoms with Crippen molar-refractivity contribution in [2.24, 2.45) is 0 Å². The van der Waals surface area contributed by atoms with Crippen LogP contribution in [0, 0.1) is 0 Å². The zero-order chi connectivity index (χ0) is 15.4. The molecule has 1 aliphatic rings. The summed E-state index contributed by atoms with van der Waals surface area (Å²) in [6.45, 7) is 2.14. The number of halogens is 2. The normalized spacial score (nSPS) is 17.0. The summed E-state index contributed by atoms with van der Waals surface area (Å²) in [5.74, 6) is -0.162. The number of aliphatic hydroxyl groups is 1. The predicted octanol–water partition coefficient (Wildman–Crippen LogP) is 1.92. The highest BCUT2D eigenvalue weighted by atomic mass is 35.5. The topological polar surface area (TPSA) is 56.7 Å². The van der Waals surface area contributed by atoms with Gasteiger partial charge < -0.3 is 14.9 Å². The van der Waals surface area contributed by atoms with E-state index in [2.05, 4.69) is 16.9 Å². The van der Waals surface area contributed by atoms with Crippen LogP contribution >= 0.6 is 23.2 Å². The van der Waals surface area contributed by atoms with Crippen LogP contribution in [0.25, 0.3) is 0 Å². The van der Waals surface area contributed by atoms with Gasteiger partial charge in [-0.2, -0.15) is 0 Å². The van der Waals surface area contributed by atoms with Crippen molar-refractivity contribution in [1.29, 1.82) is 0 Å². The molecule has 1 fully saturated rings. The summed E-state index contributed by atoms with van der Waals surface area (Å²) in [7, 11) is 2.07.